The van der Waals surface area contributed by atoms with Crippen LogP contribution in [0.3, 0.4) is 0 Å². The second kappa shape index (κ2) is 6.75. The van der Waals surface area contributed by atoms with Crippen LogP contribution in [0.25, 0.3) is 0 Å². The molecule has 1 aromatic carbocycles. The summed E-state index contributed by atoms with van der Waals surface area (Å²) in [5.41, 5.74) is 2.59. The minimum absolute atomic E-state index is 0.224. The normalized spacial score (nSPS) is 19.8. The third-order valence-corrected chi connectivity index (χ3v) is 4.10. The SMILES string of the molecule is CC(/C=C(/CO)C1CCCCC1)c1ccccc1. The molecule has 0 bridgehead atoms. The van der Waals surface area contributed by atoms with Crippen LogP contribution in [-0.2, 0) is 0 Å². The highest BCUT2D eigenvalue weighted by atomic mass is 16.3. The maximum atomic E-state index is 9.61. The fourth-order valence-electron chi connectivity index (χ4n) is 2.97. The molecule has 1 fully saturated rings. The van der Waals surface area contributed by atoms with Gasteiger partial charge in [-0.25, -0.2) is 0 Å². The molecule has 1 aliphatic rings. The van der Waals surface area contributed by atoms with E-state index in [2.05, 4.69) is 37.3 Å². The third kappa shape index (κ3) is 3.46. The van der Waals surface area contributed by atoms with Crippen LogP contribution in [0, 0.1) is 5.92 Å². The van der Waals surface area contributed by atoms with Crippen LogP contribution in [0.5, 0.6) is 0 Å². The van der Waals surface area contributed by atoms with Gasteiger partial charge in [-0.05, 0) is 35.8 Å². The summed E-state index contributed by atoms with van der Waals surface area (Å²) < 4.78 is 0. The van der Waals surface area contributed by atoms with Gasteiger partial charge in [-0.2, -0.15) is 0 Å². The molecular formula is C17H24O. The van der Waals surface area contributed by atoms with E-state index >= 15 is 0 Å². The molecule has 1 heteroatoms. The van der Waals surface area contributed by atoms with Gasteiger partial charge in [0.1, 0.15) is 0 Å². The van der Waals surface area contributed by atoms with Gasteiger partial charge in [-0.1, -0.05) is 62.6 Å². The molecule has 1 aromatic rings. The fourth-order valence-corrected chi connectivity index (χ4v) is 2.97. The smallest absolute Gasteiger partial charge is 0.0644 e. The summed E-state index contributed by atoms with van der Waals surface area (Å²) in [4.78, 5) is 0. The Bertz CT molecular complexity index is 374. The van der Waals surface area contributed by atoms with E-state index in [-0.39, 0.29) is 6.61 Å². The van der Waals surface area contributed by atoms with Crippen molar-refractivity contribution in [3.05, 3.63) is 47.5 Å². The molecule has 1 unspecified atom stereocenters. The maximum absolute atomic E-state index is 9.61. The molecule has 1 atom stereocenters. The van der Waals surface area contributed by atoms with Crippen molar-refractivity contribution < 1.29 is 5.11 Å². The zero-order valence-electron chi connectivity index (χ0n) is 11.3. The number of allylic oxidation sites excluding steroid dienone is 1. The van der Waals surface area contributed by atoms with E-state index in [4.69, 9.17) is 0 Å². The second-order valence-electron chi connectivity index (χ2n) is 5.43. The van der Waals surface area contributed by atoms with E-state index < -0.39 is 0 Å². The third-order valence-electron chi connectivity index (χ3n) is 4.10. The first-order valence-electron chi connectivity index (χ1n) is 7.17. The van der Waals surface area contributed by atoms with Crippen molar-refractivity contribution in [2.75, 3.05) is 6.61 Å². The number of rotatable bonds is 4. The Morgan fingerprint density at radius 3 is 2.50 bits per heavy atom. The van der Waals surface area contributed by atoms with E-state index in [1.807, 2.05) is 6.07 Å². The molecule has 0 spiro atoms. The highest BCUT2D eigenvalue weighted by Crippen LogP contribution is 2.31. The fraction of sp³-hybridized carbons (Fsp3) is 0.529. The molecule has 1 nitrogen and oxygen atoms in total. The number of hydrogen-bond acceptors (Lipinski definition) is 1. The molecular weight excluding hydrogens is 220 g/mol. The van der Waals surface area contributed by atoms with Crippen LogP contribution in [0.4, 0.5) is 0 Å². The topological polar surface area (TPSA) is 20.2 Å². The molecule has 0 saturated heterocycles. The van der Waals surface area contributed by atoms with Gasteiger partial charge in [0.2, 0.25) is 0 Å². The van der Waals surface area contributed by atoms with Crippen LogP contribution >= 0.6 is 0 Å². The summed E-state index contributed by atoms with van der Waals surface area (Å²) in [6, 6.07) is 10.5. The molecule has 1 saturated carbocycles. The first-order valence-corrected chi connectivity index (χ1v) is 7.17. The van der Waals surface area contributed by atoms with Gasteiger partial charge in [0.25, 0.3) is 0 Å². The van der Waals surface area contributed by atoms with Gasteiger partial charge >= 0.3 is 0 Å². The predicted molar refractivity (Wildman–Crippen MR) is 76.6 cm³/mol. The van der Waals surface area contributed by atoms with Crippen molar-refractivity contribution in [1.82, 2.24) is 0 Å². The lowest BCUT2D eigenvalue weighted by Gasteiger charge is -2.24. The average Bonchev–Trinajstić information content (AvgIpc) is 2.46. The zero-order chi connectivity index (χ0) is 12.8. The van der Waals surface area contributed by atoms with E-state index in [9.17, 15) is 5.11 Å². The van der Waals surface area contributed by atoms with Gasteiger partial charge in [0, 0.05) is 0 Å². The van der Waals surface area contributed by atoms with Crippen molar-refractivity contribution in [3.63, 3.8) is 0 Å². The highest BCUT2D eigenvalue weighted by Gasteiger charge is 2.18. The van der Waals surface area contributed by atoms with Crippen LogP contribution in [0.15, 0.2) is 42.0 Å². The number of aliphatic hydroxyl groups excluding tert-OH is 1. The molecule has 18 heavy (non-hydrogen) atoms. The summed E-state index contributed by atoms with van der Waals surface area (Å²) in [5, 5.41) is 9.61. The molecule has 1 N–H and O–H groups in total. The Balaban J connectivity index is 2.08. The van der Waals surface area contributed by atoms with Gasteiger partial charge in [0.15, 0.2) is 0 Å². The largest absolute Gasteiger partial charge is 0.392 e. The standard InChI is InChI=1S/C17H24O/c1-14(15-8-4-2-5-9-15)12-17(13-18)16-10-6-3-7-11-16/h2,4-5,8-9,12,14,16,18H,3,6-7,10-11,13H2,1H3/b17-12-. The van der Waals surface area contributed by atoms with E-state index in [0.717, 1.165) is 0 Å². The monoisotopic (exact) mass is 244 g/mol. The number of hydrogen-bond donors (Lipinski definition) is 1. The Kier molecular flexibility index (Phi) is 5.00. The molecule has 1 aliphatic carbocycles. The number of benzene rings is 1. The average molecular weight is 244 g/mol. The van der Waals surface area contributed by atoms with Crippen molar-refractivity contribution in [2.45, 2.75) is 44.9 Å². The highest BCUT2D eigenvalue weighted by molar-refractivity contribution is 5.25. The Hall–Kier alpha value is -1.08. The molecule has 0 radical (unpaired) electrons. The van der Waals surface area contributed by atoms with Gasteiger partial charge in [-0.15, -0.1) is 0 Å². The summed E-state index contributed by atoms with van der Waals surface area (Å²) in [6.07, 6.45) is 8.81. The summed E-state index contributed by atoms with van der Waals surface area (Å²) >= 11 is 0. The van der Waals surface area contributed by atoms with E-state index in [1.165, 1.54) is 43.2 Å². The molecule has 0 heterocycles. The van der Waals surface area contributed by atoms with E-state index in [0.29, 0.717) is 11.8 Å². The predicted octanol–water partition coefficient (Wildman–Crippen LogP) is 4.29. The van der Waals surface area contributed by atoms with Crippen molar-refractivity contribution in [1.29, 1.82) is 0 Å². The summed E-state index contributed by atoms with van der Waals surface area (Å²) in [7, 11) is 0. The van der Waals surface area contributed by atoms with Crippen molar-refractivity contribution >= 4 is 0 Å². The van der Waals surface area contributed by atoms with Crippen LogP contribution in [0.2, 0.25) is 0 Å². The number of aliphatic hydroxyl groups is 1. The summed E-state index contributed by atoms with van der Waals surface area (Å²) in [6.45, 7) is 2.44. The first kappa shape index (κ1) is 13.4. The lowest BCUT2D eigenvalue weighted by molar-refractivity contribution is 0.292. The van der Waals surface area contributed by atoms with Crippen LogP contribution in [-0.4, -0.2) is 11.7 Å². The minimum Gasteiger partial charge on any atom is -0.392 e. The molecule has 0 aromatic heterocycles. The molecule has 0 aliphatic heterocycles. The van der Waals surface area contributed by atoms with Crippen LogP contribution < -0.4 is 0 Å². The molecule has 0 amide bonds. The van der Waals surface area contributed by atoms with Crippen molar-refractivity contribution in [2.24, 2.45) is 5.92 Å². The zero-order valence-corrected chi connectivity index (χ0v) is 11.3. The quantitative estimate of drug-likeness (QED) is 0.783. The lowest BCUT2D eigenvalue weighted by Crippen LogP contribution is -2.12. The Morgan fingerprint density at radius 1 is 1.22 bits per heavy atom. The van der Waals surface area contributed by atoms with Gasteiger partial charge < -0.3 is 5.11 Å². The van der Waals surface area contributed by atoms with Gasteiger partial charge in [0.05, 0.1) is 6.61 Å². The molecule has 2 rings (SSSR count). The minimum atomic E-state index is 0.224. The van der Waals surface area contributed by atoms with Gasteiger partial charge in [-0.3, -0.25) is 0 Å². The molecule has 98 valence electrons. The second-order valence-corrected chi connectivity index (χ2v) is 5.43. The maximum Gasteiger partial charge on any atom is 0.0644 e. The van der Waals surface area contributed by atoms with E-state index in [1.54, 1.807) is 0 Å². The van der Waals surface area contributed by atoms with Crippen LogP contribution in [0.1, 0.15) is 50.5 Å². The van der Waals surface area contributed by atoms with Crippen molar-refractivity contribution in [3.8, 4) is 0 Å². The Morgan fingerprint density at radius 2 is 1.89 bits per heavy atom. The Labute approximate surface area is 111 Å². The lowest BCUT2D eigenvalue weighted by atomic mass is 9.82. The summed E-state index contributed by atoms with van der Waals surface area (Å²) in [5.74, 6) is 1.02. The first-order chi connectivity index (χ1) is 8.81.